The minimum absolute atomic E-state index is 0.134. The molecule has 2 rings (SSSR count). The molecule has 1 nitrogen and oxygen atoms in total. The molecule has 0 aromatic heterocycles. The fourth-order valence-corrected chi connectivity index (χ4v) is 3.19. The zero-order valence-electron chi connectivity index (χ0n) is 9.98. The Kier molecular flexibility index (Phi) is 2.82. The summed E-state index contributed by atoms with van der Waals surface area (Å²) in [5.41, 5.74) is 4.60. The quantitative estimate of drug-likeness (QED) is 0.731. The van der Waals surface area contributed by atoms with Crippen LogP contribution in [0, 0.1) is 6.92 Å². The van der Waals surface area contributed by atoms with Crippen LogP contribution in [0.15, 0.2) is 17.0 Å². The highest BCUT2D eigenvalue weighted by Crippen LogP contribution is 2.33. The van der Waals surface area contributed by atoms with E-state index in [0.717, 1.165) is 13.0 Å². The van der Waals surface area contributed by atoms with Crippen LogP contribution in [0.5, 0.6) is 0 Å². The predicted molar refractivity (Wildman–Crippen MR) is 67.7 cm³/mol. The molecule has 0 unspecified atom stereocenters. The number of fused-ring (bicyclic) bond motifs is 1. The van der Waals surface area contributed by atoms with Crippen LogP contribution < -0.4 is 5.32 Å². The largest absolute Gasteiger partial charge is 0.307 e. The maximum absolute atomic E-state index is 3.59. The second kappa shape index (κ2) is 3.84. The molecule has 0 atom stereocenters. The Morgan fingerprint density at radius 2 is 2.07 bits per heavy atom. The molecule has 1 heterocycles. The lowest BCUT2D eigenvalue weighted by Crippen LogP contribution is -2.43. The van der Waals surface area contributed by atoms with Crippen molar-refractivity contribution in [1.82, 2.24) is 5.32 Å². The Morgan fingerprint density at radius 1 is 1.33 bits per heavy atom. The van der Waals surface area contributed by atoms with E-state index < -0.39 is 0 Å². The lowest BCUT2D eigenvalue weighted by Gasteiger charge is -2.35. The molecule has 0 fully saturated rings. The van der Waals surface area contributed by atoms with Crippen molar-refractivity contribution < 1.29 is 0 Å². The van der Waals surface area contributed by atoms with Crippen LogP contribution >= 0.6 is 11.8 Å². The van der Waals surface area contributed by atoms with E-state index >= 15 is 0 Å². The number of thioether (sulfide) groups is 1. The molecule has 0 bridgehead atoms. The first-order chi connectivity index (χ1) is 7.04. The normalized spacial score (nSPS) is 18.7. The van der Waals surface area contributed by atoms with Crippen LogP contribution in [-0.2, 0) is 12.0 Å². The molecule has 0 spiro atoms. The van der Waals surface area contributed by atoms with Gasteiger partial charge in [-0.05, 0) is 68.8 Å². The topological polar surface area (TPSA) is 12.0 Å². The molecule has 0 radical (unpaired) electrons. The van der Waals surface area contributed by atoms with Crippen molar-refractivity contribution >= 4 is 11.8 Å². The van der Waals surface area contributed by atoms with Crippen LogP contribution in [0.1, 0.15) is 30.5 Å². The van der Waals surface area contributed by atoms with Gasteiger partial charge in [-0.25, -0.2) is 0 Å². The molecule has 0 saturated heterocycles. The van der Waals surface area contributed by atoms with E-state index in [1.165, 1.54) is 21.6 Å². The van der Waals surface area contributed by atoms with Gasteiger partial charge in [0, 0.05) is 10.4 Å². The van der Waals surface area contributed by atoms with Gasteiger partial charge < -0.3 is 5.32 Å². The fraction of sp³-hybridized carbons (Fsp3) is 0.538. The van der Waals surface area contributed by atoms with Gasteiger partial charge in [-0.1, -0.05) is 0 Å². The summed E-state index contributed by atoms with van der Waals surface area (Å²) >= 11 is 1.84. The Bertz CT molecular complexity index is 382. The van der Waals surface area contributed by atoms with E-state index in [-0.39, 0.29) is 5.54 Å². The van der Waals surface area contributed by atoms with Crippen molar-refractivity contribution in [1.29, 1.82) is 0 Å². The van der Waals surface area contributed by atoms with Crippen LogP contribution in [0.3, 0.4) is 0 Å². The van der Waals surface area contributed by atoms with Gasteiger partial charge in [0.1, 0.15) is 0 Å². The van der Waals surface area contributed by atoms with Crippen molar-refractivity contribution in [2.45, 2.75) is 37.6 Å². The highest BCUT2D eigenvalue weighted by Gasteiger charge is 2.28. The van der Waals surface area contributed by atoms with Crippen molar-refractivity contribution in [2.24, 2.45) is 0 Å². The van der Waals surface area contributed by atoms with E-state index in [1.807, 2.05) is 11.8 Å². The Labute approximate surface area is 96.7 Å². The third-order valence-corrected chi connectivity index (χ3v) is 3.92. The predicted octanol–water partition coefficient (Wildman–Crippen LogP) is 3.10. The monoisotopic (exact) mass is 221 g/mol. The average Bonchev–Trinajstić information content (AvgIpc) is 2.15. The second-order valence-electron chi connectivity index (χ2n) is 4.78. The van der Waals surface area contributed by atoms with E-state index in [2.05, 4.69) is 44.5 Å². The van der Waals surface area contributed by atoms with Crippen LogP contribution in [0.2, 0.25) is 0 Å². The van der Waals surface area contributed by atoms with E-state index in [4.69, 9.17) is 0 Å². The van der Waals surface area contributed by atoms with E-state index in [9.17, 15) is 0 Å². The molecule has 1 aliphatic rings. The highest BCUT2D eigenvalue weighted by molar-refractivity contribution is 7.98. The van der Waals surface area contributed by atoms with Gasteiger partial charge in [-0.3, -0.25) is 0 Å². The van der Waals surface area contributed by atoms with Crippen molar-refractivity contribution in [2.75, 3.05) is 12.8 Å². The molecule has 1 aromatic rings. The number of rotatable bonds is 1. The van der Waals surface area contributed by atoms with Crippen LogP contribution in [-0.4, -0.2) is 12.8 Å². The molecule has 1 aromatic carbocycles. The van der Waals surface area contributed by atoms with Gasteiger partial charge in [0.2, 0.25) is 0 Å². The molecular weight excluding hydrogens is 202 g/mol. The van der Waals surface area contributed by atoms with Gasteiger partial charge in [-0.15, -0.1) is 11.8 Å². The Balaban J connectivity index is 2.58. The third kappa shape index (κ3) is 1.93. The minimum Gasteiger partial charge on any atom is -0.307 e. The zero-order valence-corrected chi connectivity index (χ0v) is 10.8. The van der Waals surface area contributed by atoms with Crippen molar-refractivity contribution in [3.05, 3.63) is 28.8 Å². The zero-order chi connectivity index (χ0) is 11.1. The van der Waals surface area contributed by atoms with Crippen molar-refractivity contribution in [3.8, 4) is 0 Å². The molecule has 1 aliphatic heterocycles. The van der Waals surface area contributed by atoms with Crippen LogP contribution in [0.25, 0.3) is 0 Å². The maximum atomic E-state index is 3.59. The minimum atomic E-state index is 0.134. The summed E-state index contributed by atoms with van der Waals surface area (Å²) in [6.07, 6.45) is 3.31. The highest BCUT2D eigenvalue weighted by atomic mass is 32.2. The Morgan fingerprint density at radius 3 is 2.73 bits per heavy atom. The van der Waals surface area contributed by atoms with Crippen molar-refractivity contribution in [3.63, 3.8) is 0 Å². The van der Waals surface area contributed by atoms with Crippen LogP contribution in [0.4, 0.5) is 0 Å². The first kappa shape index (κ1) is 11.0. The second-order valence-corrected chi connectivity index (χ2v) is 5.66. The fourth-order valence-electron chi connectivity index (χ4n) is 2.63. The molecule has 15 heavy (non-hydrogen) atoms. The SMILES string of the molecule is CSc1cc(C)c2c(c1)CCNC2(C)C. The molecule has 0 aliphatic carbocycles. The smallest absolute Gasteiger partial charge is 0.0382 e. The summed E-state index contributed by atoms with van der Waals surface area (Å²) in [5.74, 6) is 0. The average molecular weight is 221 g/mol. The number of nitrogens with one attached hydrogen (secondary N) is 1. The lowest BCUT2D eigenvalue weighted by molar-refractivity contribution is 0.379. The summed E-state index contributed by atoms with van der Waals surface area (Å²) in [6.45, 7) is 7.87. The summed E-state index contributed by atoms with van der Waals surface area (Å²) in [7, 11) is 0. The first-order valence-electron chi connectivity index (χ1n) is 5.47. The molecule has 0 amide bonds. The Hall–Kier alpha value is -0.470. The van der Waals surface area contributed by atoms with Gasteiger partial charge in [0.15, 0.2) is 0 Å². The summed E-state index contributed by atoms with van der Waals surface area (Å²) in [4.78, 5) is 1.39. The van der Waals surface area contributed by atoms with E-state index in [1.54, 1.807) is 0 Å². The van der Waals surface area contributed by atoms with Gasteiger partial charge in [0.25, 0.3) is 0 Å². The van der Waals surface area contributed by atoms with Gasteiger partial charge in [-0.2, -0.15) is 0 Å². The molecule has 2 heteroatoms. The van der Waals surface area contributed by atoms with Gasteiger partial charge >= 0.3 is 0 Å². The van der Waals surface area contributed by atoms with E-state index in [0.29, 0.717) is 0 Å². The number of benzene rings is 1. The first-order valence-corrected chi connectivity index (χ1v) is 6.70. The van der Waals surface area contributed by atoms with Gasteiger partial charge in [0.05, 0.1) is 0 Å². The summed E-state index contributed by atoms with van der Waals surface area (Å²) < 4.78 is 0. The number of hydrogen-bond acceptors (Lipinski definition) is 2. The molecule has 82 valence electrons. The number of aryl methyl sites for hydroxylation is 1. The maximum Gasteiger partial charge on any atom is 0.0382 e. The number of hydrogen-bond donors (Lipinski definition) is 1. The standard InChI is InChI=1S/C13H19NS/c1-9-7-11(15-4)8-10-5-6-14-13(2,3)12(9)10/h7-8,14H,5-6H2,1-4H3. The summed E-state index contributed by atoms with van der Waals surface area (Å²) in [6, 6.07) is 4.66. The molecule has 0 saturated carbocycles. The lowest BCUT2D eigenvalue weighted by atomic mass is 9.82. The third-order valence-electron chi connectivity index (χ3n) is 3.21. The summed E-state index contributed by atoms with van der Waals surface area (Å²) in [5, 5.41) is 3.59. The molecule has 1 N–H and O–H groups in total. The molecular formula is C13H19NS.